The molecule has 0 aliphatic rings. The molecule has 0 saturated carbocycles. The molecule has 0 bridgehead atoms. The van der Waals surface area contributed by atoms with Crippen LogP contribution >= 0.6 is 0 Å². The number of hydrogen-bond donors (Lipinski definition) is 2. The summed E-state index contributed by atoms with van der Waals surface area (Å²) < 4.78 is 31.0. The SMILES string of the molecule is CCOc1cccc([C@H](C)Nc2ccc(C)c(NS(C)(=O)=O)c2)c1. The molecule has 0 unspecified atom stereocenters. The van der Waals surface area contributed by atoms with E-state index in [-0.39, 0.29) is 6.04 Å². The molecule has 0 saturated heterocycles. The second kappa shape index (κ2) is 7.57. The first-order chi connectivity index (χ1) is 11.3. The molecule has 0 aliphatic heterocycles. The number of anilines is 2. The fraction of sp³-hybridized carbons (Fsp3) is 0.333. The average Bonchev–Trinajstić information content (AvgIpc) is 2.50. The van der Waals surface area contributed by atoms with Crippen LogP contribution in [-0.4, -0.2) is 21.3 Å². The standard InChI is InChI=1S/C18H24N2O3S/c1-5-23-17-8-6-7-15(11-17)14(3)19-16-10-9-13(2)18(12-16)20-24(4,21)22/h6-12,14,19-20H,5H2,1-4H3/t14-/m0/s1. The van der Waals surface area contributed by atoms with Gasteiger partial charge in [-0.3, -0.25) is 4.72 Å². The number of ether oxygens (including phenoxy) is 1. The highest BCUT2D eigenvalue weighted by molar-refractivity contribution is 7.92. The van der Waals surface area contributed by atoms with Crippen LogP contribution in [0, 0.1) is 6.92 Å². The molecular formula is C18H24N2O3S. The van der Waals surface area contributed by atoms with Crippen molar-refractivity contribution >= 4 is 21.4 Å². The highest BCUT2D eigenvalue weighted by atomic mass is 32.2. The zero-order valence-corrected chi connectivity index (χ0v) is 15.3. The van der Waals surface area contributed by atoms with Crippen LogP contribution < -0.4 is 14.8 Å². The van der Waals surface area contributed by atoms with Gasteiger partial charge in [0.2, 0.25) is 10.0 Å². The van der Waals surface area contributed by atoms with Gasteiger partial charge in [0, 0.05) is 11.7 Å². The Hall–Kier alpha value is -2.21. The minimum atomic E-state index is -3.30. The number of benzene rings is 2. The van der Waals surface area contributed by atoms with Crippen molar-refractivity contribution in [3.63, 3.8) is 0 Å². The molecule has 5 nitrogen and oxygen atoms in total. The second-order valence-electron chi connectivity index (χ2n) is 5.78. The molecule has 2 N–H and O–H groups in total. The molecule has 24 heavy (non-hydrogen) atoms. The Morgan fingerprint density at radius 3 is 2.58 bits per heavy atom. The van der Waals surface area contributed by atoms with Crippen molar-refractivity contribution in [1.82, 2.24) is 0 Å². The van der Waals surface area contributed by atoms with Crippen LogP contribution in [0.3, 0.4) is 0 Å². The van der Waals surface area contributed by atoms with Crippen LogP contribution in [0.5, 0.6) is 5.75 Å². The Balaban J connectivity index is 2.18. The van der Waals surface area contributed by atoms with Crippen LogP contribution in [0.25, 0.3) is 0 Å². The van der Waals surface area contributed by atoms with Gasteiger partial charge in [0.05, 0.1) is 18.6 Å². The third kappa shape index (κ3) is 5.16. The normalized spacial score (nSPS) is 12.5. The molecule has 2 aromatic carbocycles. The molecule has 0 fully saturated rings. The maximum absolute atomic E-state index is 11.5. The molecule has 0 aromatic heterocycles. The van der Waals surface area contributed by atoms with Crippen molar-refractivity contribution in [2.24, 2.45) is 0 Å². The summed E-state index contributed by atoms with van der Waals surface area (Å²) >= 11 is 0. The number of rotatable bonds is 7. The van der Waals surface area contributed by atoms with E-state index in [0.717, 1.165) is 28.8 Å². The maximum Gasteiger partial charge on any atom is 0.229 e. The topological polar surface area (TPSA) is 67.4 Å². The van der Waals surface area contributed by atoms with Crippen LogP contribution in [0.2, 0.25) is 0 Å². The van der Waals surface area contributed by atoms with Crippen LogP contribution in [0.15, 0.2) is 42.5 Å². The predicted octanol–water partition coefficient (Wildman–Crippen LogP) is 3.94. The number of hydrogen-bond acceptors (Lipinski definition) is 4. The van der Waals surface area contributed by atoms with Crippen LogP contribution in [-0.2, 0) is 10.0 Å². The Kier molecular flexibility index (Phi) is 5.72. The van der Waals surface area contributed by atoms with E-state index in [9.17, 15) is 8.42 Å². The summed E-state index contributed by atoms with van der Waals surface area (Å²) in [6, 6.07) is 13.6. The summed E-state index contributed by atoms with van der Waals surface area (Å²) in [4.78, 5) is 0. The van der Waals surface area contributed by atoms with E-state index >= 15 is 0 Å². The Labute approximate surface area is 144 Å². The summed E-state index contributed by atoms with van der Waals surface area (Å²) in [5, 5.41) is 3.39. The lowest BCUT2D eigenvalue weighted by Gasteiger charge is -2.18. The smallest absolute Gasteiger partial charge is 0.229 e. The molecule has 6 heteroatoms. The zero-order valence-electron chi connectivity index (χ0n) is 14.5. The number of sulfonamides is 1. The Morgan fingerprint density at radius 2 is 1.92 bits per heavy atom. The highest BCUT2D eigenvalue weighted by Gasteiger charge is 2.10. The molecule has 0 spiro atoms. The van der Waals surface area contributed by atoms with E-state index in [2.05, 4.69) is 17.0 Å². The van der Waals surface area contributed by atoms with E-state index in [1.54, 1.807) is 6.07 Å². The largest absolute Gasteiger partial charge is 0.494 e. The molecule has 1 atom stereocenters. The first-order valence-corrected chi connectivity index (χ1v) is 9.75. The minimum Gasteiger partial charge on any atom is -0.494 e. The zero-order chi connectivity index (χ0) is 17.7. The highest BCUT2D eigenvalue weighted by Crippen LogP contribution is 2.26. The summed E-state index contributed by atoms with van der Waals surface area (Å²) in [5.74, 6) is 0.840. The fourth-order valence-corrected chi connectivity index (χ4v) is 3.01. The average molecular weight is 348 g/mol. The molecule has 0 radical (unpaired) electrons. The van der Waals surface area contributed by atoms with E-state index < -0.39 is 10.0 Å². The fourth-order valence-electron chi connectivity index (χ4n) is 2.40. The van der Waals surface area contributed by atoms with Gasteiger partial charge in [-0.25, -0.2) is 8.42 Å². The van der Waals surface area contributed by atoms with Crippen molar-refractivity contribution in [2.45, 2.75) is 26.8 Å². The molecule has 0 amide bonds. The van der Waals surface area contributed by atoms with Gasteiger partial charge in [-0.2, -0.15) is 0 Å². The van der Waals surface area contributed by atoms with Gasteiger partial charge in [-0.1, -0.05) is 18.2 Å². The summed E-state index contributed by atoms with van der Waals surface area (Å²) in [5.41, 5.74) is 3.40. The molecule has 0 aliphatic carbocycles. The summed E-state index contributed by atoms with van der Waals surface area (Å²) in [7, 11) is -3.30. The van der Waals surface area contributed by atoms with E-state index in [1.807, 2.05) is 50.2 Å². The molecule has 2 aromatic rings. The Morgan fingerprint density at radius 1 is 1.17 bits per heavy atom. The van der Waals surface area contributed by atoms with Crippen LogP contribution in [0.1, 0.15) is 31.0 Å². The third-order valence-electron chi connectivity index (χ3n) is 3.59. The molecular weight excluding hydrogens is 324 g/mol. The van der Waals surface area contributed by atoms with Crippen molar-refractivity contribution in [3.05, 3.63) is 53.6 Å². The van der Waals surface area contributed by atoms with Crippen molar-refractivity contribution < 1.29 is 13.2 Å². The number of aryl methyl sites for hydroxylation is 1. The lowest BCUT2D eigenvalue weighted by molar-refractivity contribution is 0.340. The van der Waals surface area contributed by atoms with E-state index in [0.29, 0.717) is 12.3 Å². The predicted molar refractivity (Wildman–Crippen MR) is 99.3 cm³/mol. The van der Waals surface area contributed by atoms with E-state index in [4.69, 9.17) is 4.74 Å². The summed E-state index contributed by atoms with van der Waals surface area (Å²) in [6.45, 7) is 6.50. The van der Waals surface area contributed by atoms with Crippen molar-refractivity contribution in [1.29, 1.82) is 0 Å². The minimum absolute atomic E-state index is 0.0548. The van der Waals surface area contributed by atoms with Gasteiger partial charge in [0.15, 0.2) is 0 Å². The monoisotopic (exact) mass is 348 g/mol. The van der Waals surface area contributed by atoms with Gasteiger partial charge in [-0.15, -0.1) is 0 Å². The molecule has 0 heterocycles. The third-order valence-corrected chi connectivity index (χ3v) is 4.18. The molecule has 130 valence electrons. The second-order valence-corrected chi connectivity index (χ2v) is 7.52. The summed E-state index contributed by atoms with van der Waals surface area (Å²) in [6.07, 6.45) is 1.15. The van der Waals surface area contributed by atoms with E-state index in [1.165, 1.54) is 0 Å². The Bertz CT molecular complexity index is 804. The quantitative estimate of drug-likeness (QED) is 0.795. The van der Waals surface area contributed by atoms with Crippen LogP contribution in [0.4, 0.5) is 11.4 Å². The van der Waals surface area contributed by atoms with Gasteiger partial charge in [-0.05, 0) is 56.2 Å². The van der Waals surface area contributed by atoms with Crippen molar-refractivity contribution in [2.75, 3.05) is 22.9 Å². The van der Waals surface area contributed by atoms with Crippen molar-refractivity contribution in [3.8, 4) is 5.75 Å². The lowest BCUT2D eigenvalue weighted by atomic mass is 10.1. The van der Waals surface area contributed by atoms with Gasteiger partial charge in [0.25, 0.3) is 0 Å². The van der Waals surface area contributed by atoms with Gasteiger partial charge < -0.3 is 10.1 Å². The number of nitrogens with one attached hydrogen (secondary N) is 2. The molecule has 2 rings (SSSR count). The first kappa shape index (κ1) is 18.1. The maximum atomic E-state index is 11.5. The van der Waals surface area contributed by atoms with Gasteiger partial charge >= 0.3 is 0 Å². The lowest BCUT2D eigenvalue weighted by Crippen LogP contribution is -2.12. The first-order valence-electron chi connectivity index (χ1n) is 7.86. The van der Waals surface area contributed by atoms with Gasteiger partial charge in [0.1, 0.15) is 5.75 Å².